The van der Waals surface area contributed by atoms with E-state index in [9.17, 15) is 13.2 Å². The Morgan fingerprint density at radius 1 is 1.09 bits per heavy atom. The van der Waals surface area contributed by atoms with Crippen LogP contribution in [-0.2, 0) is 12.6 Å². The van der Waals surface area contributed by atoms with Gasteiger partial charge in [0.05, 0.1) is 23.1 Å². The van der Waals surface area contributed by atoms with Gasteiger partial charge in [-0.2, -0.15) is 18.3 Å². The molecule has 4 heterocycles. The lowest BCUT2D eigenvalue weighted by molar-refractivity contribution is -0.137. The third-order valence-corrected chi connectivity index (χ3v) is 5.35. The molecule has 1 saturated heterocycles. The highest BCUT2D eigenvalue weighted by Gasteiger charge is 2.31. The van der Waals surface area contributed by atoms with Gasteiger partial charge < -0.3 is 10.2 Å². The van der Waals surface area contributed by atoms with Crippen molar-refractivity contribution >= 4 is 22.8 Å². The van der Waals surface area contributed by atoms with E-state index in [2.05, 4.69) is 43.5 Å². The number of nitrogens with one attached hydrogen (secondary N) is 2. The van der Waals surface area contributed by atoms with Crippen molar-refractivity contribution in [3.8, 4) is 0 Å². The molecule has 1 fully saturated rings. The number of nitrogens with zero attached hydrogens (tertiary/aromatic N) is 4. The van der Waals surface area contributed by atoms with Gasteiger partial charge in [-0.15, -0.1) is 0 Å². The Hall–Kier alpha value is -3.62. The zero-order valence-electron chi connectivity index (χ0n) is 17.4. The zero-order valence-corrected chi connectivity index (χ0v) is 17.4. The Morgan fingerprint density at radius 2 is 1.88 bits per heavy atom. The number of hydrogen-bond donors (Lipinski definition) is 2. The Balaban J connectivity index is 1.44. The van der Waals surface area contributed by atoms with Gasteiger partial charge in [0.1, 0.15) is 5.82 Å². The van der Waals surface area contributed by atoms with Gasteiger partial charge in [0.15, 0.2) is 0 Å². The summed E-state index contributed by atoms with van der Waals surface area (Å²) in [5, 5.41) is 9.96. The highest BCUT2D eigenvalue weighted by molar-refractivity contribution is 5.81. The molecular formula is C23H23F3N6. The molecule has 166 valence electrons. The topological polar surface area (TPSA) is 69.7 Å². The highest BCUT2D eigenvalue weighted by Crippen LogP contribution is 2.31. The molecule has 0 saturated carbocycles. The predicted octanol–water partition coefficient (Wildman–Crippen LogP) is 5.16. The molecule has 6 nitrogen and oxygen atoms in total. The molecular weight excluding hydrogens is 417 g/mol. The summed E-state index contributed by atoms with van der Waals surface area (Å²) >= 11 is 0. The van der Waals surface area contributed by atoms with Crippen molar-refractivity contribution in [2.45, 2.75) is 25.4 Å². The second kappa shape index (κ2) is 8.86. The maximum Gasteiger partial charge on any atom is 0.417 e. The standard InChI is InChI=1S/C23H23F3N6/c1-15(9-17-5-6-21(28-11-17)32-7-3-4-8-32)22-20(14-29-31-22)30-16(2)18-10-19(13-27-12-18)23(24,25)26/h5-6,10-14,30H,1-4,7-9H2,(H,29,31). The maximum absolute atomic E-state index is 13.0. The summed E-state index contributed by atoms with van der Waals surface area (Å²) in [5.41, 5.74) is 2.65. The van der Waals surface area contributed by atoms with Crippen LogP contribution in [0.15, 0.2) is 56.1 Å². The van der Waals surface area contributed by atoms with Crippen LogP contribution in [0.25, 0.3) is 11.3 Å². The maximum atomic E-state index is 13.0. The normalized spacial score (nSPS) is 13.9. The third-order valence-electron chi connectivity index (χ3n) is 5.35. The monoisotopic (exact) mass is 440 g/mol. The van der Waals surface area contributed by atoms with Crippen LogP contribution in [0.1, 0.15) is 35.2 Å². The Labute approximate surface area is 183 Å². The smallest absolute Gasteiger partial charge is 0.357 e. The van der Waals surface area contributed by atoms with Crippen molar-refractivity contribution in [1.29, 1.82) is 0 Å². The van der Waals surface area contributed by atoms with E-state index < -0.39 is 11.7 Å². The van der Waals surface area contributed by atoms with Crippen LogP contribution < -0.4 is 10.2 Å². The lowest BCUT2D eigenvalue weighted by atomic mass is 10.0. The second-order valence-corrected chi connectivity index (χ2v) is 7.72. The van der Waals surface area contributed by atoms with E-state index >= 15 is 0 Å². The van der Waals surface area contributed by atoms with Crippen LogP contribution in [-0.4, -0.2) is 33.3 Å². The number of H-pyrrole nitrogens is 1. The number of aromatic amines is 1. The summed E-state index contributed by atoms with van der Waals surface area (Å²) < 4.78 is 38.9. The fourth-order valence-corrected chi connectivity index (χ4v) is 3.63. The fourth-order valence-electron chi connectivity index (χ4n) is 3.63. The lowest BCUT2D eigenvalue weighted by Gasteiger charge is -2.16. The number of rotatable bonds is 7. The number of alkyl halides is 3. The van der Waals surface area contributed by atoms with Gasteiger partial charge in [-0.25, -0.2) is 4.98 Å². The number of halogens is 3. The SMILES string of the molecule is C=C(Nc1cn[nH]c1C(=C)Cc1ccc(N2CCCC2)nc1)c1cncc(C(F)(F)F)c1. The molecule has 3 aromatic heterocycles. The molecule has 0 amide bonds. The van der Waals surface area contributed by atoms with Crippen LogP contribution in [0.3, 0.4) is 0 Å². The van der Waals surface area contributed by atoms with E-state index in [1.165, 1.54) is 19.0 Å². The lowest BCUT2D eigenvalue weighted by Crippen LogP contribution is -2.18. The number of anilines is 2. The molecule has 0 aromatic carbocycles. The first kappa shape index (κ1) is 21.6. The molecule has 0 radical (unpaired) electrons. The summed E-state index contributed by atoms with van der Waals surface area (Å²) in [6, 6.07) is 5.05. The number of hydrogen-bond acceptors (Lipinski definition) is 5. The first-order valence-corrected chi connectivity index (χ1v) is 10.2. The van der Waals surface area contributed by atoms with Gasteiger partial charge in [-0.05, 0) is 36.1 Å². The first-order valence-electron chi connectivity index (χ1n) is 10.2. The summed E-state index contributed by atoms with van der Waals surface area (Å²) in [7, 11) is 0. The van der Waals surface area contributed by atoms with E-state index in [1.807, 2.05) is 18.3 Å². The second-order valence-electron chi connectivity index (χ2n) is 7.72. The highest BCUT2D eigenvalue weighted by atomic mass is 19.4. The molecule has 0 bridgehead atoms. The molecule has 2 N–H and O–H groups in total. The van der Waals surface area contributed by atoms with E-state index in [0.717, 1.165) is 42.3 Å². The number of allylic oxidation sites excluding steroid dienone is 1. The first-order chi connectivity index (χ1) is 15.3. The summed E-state index contributed by atoms with van der Waals surface area (Å²) in [4.78, 5) is 10.5. The van der Waals surface area contributed by atoms with Crippen molar-refractivity contribution < 1.29 is 13.2 Å². The molecule has 32 heavy (non-hydrogen) atoms. The molecule has 0 unspecified atom stereocenters. The van der Waals surface area contributed by atoms with Gasteiger partial charge in [-0.3, -0.25) is 10.1 Å². The molecule has 9 heteroatoms. The number of pyridine rings is 2. The largest absolute Gasteiger partial charge is 0.417 e. The van der Waals surface area contributed by atoms with Crippen LogP contribution in [0.4, 0.5) is 24.7 Å². The minimum Gasteiger partial charge on any atom is -0.357 e. The van der Waals surface area contributed by atoms with Crippen molar-refractivity contribution in [2.24, 2.45) is 0 Å². The van der Waals surface area contributed by atoms with Gasteiger partial charge in [-0.1, -0.05) is 19.2 Å². The van der Waals surface area contributed by atoms with Crippen LogP contribution in [0, 0.1) is 0 Å². The van der Waals surface area contributed by atoms with E-state index in [1.54, 1.807) is 6.20 Å². The molecule has 4 rings (SSSR count). The average molecular weight is 440 g/mol. The minimum atomic E-state index is -4.48. The Bertz CT molecular complexity index is 1110. The average Bonchev–Trinajstić information content (AvgIpc) is 3.46. The van der Waals surface area contributed by atoms with Crippen molar-refractivity contribution in [2.75, 3.05) is 23.3 Å². The third kappa shape index (κ3) is 4.82. The van der Waals surface area contributed by atoms with Crippen molar-refractivity contribution in [3.63, 3.8) is 0 Å². The fraction of sp³-hybridized carbons (Fsp3) is 0.261. The van der Waals surface area contributed by atoms with Gasteiger partial charge in [0, 0.05) is 49.4 Å². The summed E-state index contributed by atoms with van der Waals surface area (Å²) in [6.07, 6.45) is 3.95. The minimum absolute atomic E-state index is 0.235. The van der Waals surface area contributed by atoms with Gasteiger partial charge in [0.2, 0.25) is 0 Å². The van der Waals surface area contributed by atoms with Gasteiger partial charge in [0.25, 0.3) is 0 Å². The number of aromatic nitrogens is 4. The van der Waals surface area contributed by atoms with E-state index in [-0.39, 0.29) is 11.3 Å². The van der Waals surface area contributed by atoms with E-state index in [0.29, 0.717) is 17.8 Å². The molecule has 1 aliphatic heterocycles. The Morgan fingerprint density at radius 3 is 2.56 bits per heavy atom. The molecule has 1 aliphatic rings. The van der Waals surface area contributed by atoms with E-state index in [4.69, 9.17) is 0 Å². The van der Waals surface area contributed by atoms with Gasteiger partial charge >= 0.3 is 6.18 Å². The summed E-state index contributed by atoms with van der Waals surface area (Å²) in [5.74, 6) is 0.978. The Kier molecular flexibility index (Phi) is 5.98. The molecule has 3 aromatic rings. The van der Waals surface area contributed by atoms with Crippen molar-refractivity contribution in [3.05, 3.63) is 78.5 Å². The molecule has 0 atom stereocenters. The predicted molar refractivity (Wildman–Crippen MR) is 119 cm³/mol. The van der Waals surface area contributed by atoms with Crippen LogP contribution in [0.5, 0.6) is 0 Å². The zero-order chi connectivity index (χ0) is 22.7. The summed E-state index contributed by atoms with van der Waals surface area (Å²) in [6.45, 7) is 10.1. The quantitative estimate of drug-likeness (QED) is 0.531. The van der Waals surface area contributed by atoms with Crippen LogP contribution in [0.2, 0.25) is 0 Å². The van der Waals surface area contributed by atoms with Crippen molar-refractivity contribution in [1.82, 2.24) is 20.2 Å². The molecule has 0 spiro atoms. The van der Waals surface area contributed by atoms with Crippen LogP contribution >= 0.6 is 0 Å². The molecule has 0 aliphatic carbocycles.